The third kappa shape index (κ3) is 3.82. The number of thiophene rings is 1. The van der Waals surface area contributed by atoms with Crippen LogP contribution < -0.4 is 10.6 Å². The van der Waals surface area contributed by atoms with Crippen LogP contribution in [0, 0.1) is 18.3 Å². The summed E-state index contributed by atoms with van der Waals surface area (Å²) in [6.07, 6.45) is 1.53. The minimum atomic E-state index is 0.146. The van der Waals surface area contributed by atoms with Crippen LogP contribution in [0.5, 0.6) is 0 Å². The third-order valence-corrected chi connectivity index (χ3v) is 7.76. The predicted octanol–water partition coefficient (Wildman–Crippen LogP) is 2.41. The highest BCUT2D eigenvalue weighted by Gasteiger charge is 2.59. The van der Waals surface area contributed by atoms with Gasteiger partial charge in [-0.1, -0.05) is 13.8 Å². The molecule has 1 saturated carbocycles. The van der Waals surface area contributed by atoms with E-state index in [1.807, 2.05) is 18.4 Å². The Kier molecular flexibility index (Phi) is 5.97. The van der Waals surface area contributed by atoms with Crippen molar-refractivity contribution in [1.82, 2.24) is 15.5 Å². The monoisotopic (exact) mass is 406 g/mol. The summed E-state index contributed by atoms with van der Waals surface area (Å²) in [7, 11) is 1.86. The van der Waals surface area contributed by atoms with E-state index in [9.17, 15) is 0 Å². The Hall–Kier alpha value is -1.15. The normalized spacial score (nSPS) is 31.1. The minimum absolute atomic E-state index is 0.146. The lowest BCUT2D eigenvalue weighted by atomic mass is 9.57. The predicted molar refractivity (Wildman–Crippen MR) is 114 cm³/mol. The molecule has 6 nitrogen and oxygen atoms in total. The molecule has 0 amide bonds. The van der Waals surface area contributed by atoms with Gasteiger partial charge in [0.25, 0.3) is 0 Å². The summed E-state index contributed by atoms with van der Waals surface area (Å²) in [5.41, 5.74) is 0.146. The van der Waals surface area contributed by atoms with Crippen molar-refractivity contribution in [3.05, 3.63) is 21.9 Å². The van der Waals surface area contributed by atoms with Gasteiger partial charge in [-0.05, 0) is 25.5 Å². The van der Waals surface area contributed by atoms with Crippen LogP contribution in [0.2, 0.25) is 0 Å². The highest BCUT2D eigenvalue weighted by molar-refractivity contribution is 7.12. The van der Waals surface area contributed by atoms with E-state index >= 15 is 0 Å². The number of guanidine groups is 1. The average Bonchev–Trinajstić information content (AvgIpc) is 3.33. The van der Waals surface area contributed by atoms with Crippen LogP contribution in [0.4, 0.5) is 0 Å². The fourth-order valence-electron chi connectivity index (χ4n) is 5.08. The van der Waals surface area contributed by atoms with Crippen LogP contribution >= 0.6 is 11.3 Å². The van der Waals surface area contributed by atoms with Crippen molar-refractivity contribution in [1.29, 1.82) is 0 Å². The van der Waals surface area contributed by atoms with Crippen molar-refractivity contribution in [2.24, 2.45) is 16.3 Å². The summed E-state index contributed by atoms with van der Waals surface area (Å²) < 4.78 is 11.5. The zero-order chi connectivity index (χ0) is 19.7. The van der Waals surface area contributed by atoms with E-state index < -0.39 is 0 Å². The highest BCUT2D eigenvalue weighted by Crippen LogP contribution is 2.52. The highest BCUT2D eigenvalue weighted by atomic mass is 32.1. The van der Waals surface area contributed by atoms with Crippen LogP contribution in [0.25, 0.3) is 0 Å². The fraction of sp³-hybridized carbons (Fsp3) is 0.762. The quantitative estimate of drug-likeness (QED) is 0.581. The largest absolute Gasteiger partial charge is 0.379 e. The topological polar surface area (TPSA) is 58.1 Å². The van der Waals surface area contributed by atoms with Crippen molar-refractivity contribution in [2.75, 3.05) is 46.5 Å². The van der Waals surface area contributed by atoms with E-state index in [1.165, 1.54) is 9.75 Å². The molecule has 0 spiro atoms. The summed E-state index contributed by atoms with van der Waals surface area (Å²) >= 11 is 1.89. The van der Waals surface area contributed by atoms with E-state index in [-0.39, 0.29) is 5.41 Å². The average molecular weight is 407 g/mol. The molecule has 0 aromatic carbocycles. The molecule has 3 fully saturated rings. The van der Waals surface area contributed by atoms with Gasteiger partial charge in [0.1, 0.15) is 0 Å². The minimum Gasteiger partial charge on any atom is -0.379 e. The second kappa shape index (κ2) is 8.30. The van der Waals surface area contributed by atoms with Gasteiger partial charge in [0.15, 0.2) is 5.96 Å². The first kappa shape index (κ1) is 20.1. The van der Waals surface area contributed by atoms with Gasteiger partial charge >= 0.3 is 0 Å². The molecule has 3 heterocycles. The standard InChI is InChI=1S/C21H34N4O2S/c1-14-5-6-17(28-14)16(25-8-11-26-12-9-25)13-23-20(22-4)24-18-15-7-10-27-19(15)21(18,2)3/h5-6,15-16,18-19H,7-13H2,1-4H3,(H2,22,23,24). The van der Waals surface area contributed by atoms with E-state index in [2.05, 4.69) is 53.4 Å². The Bertz CT molecular complexity index is 698. The van der Waals surface area contributed by atoms with Gasteiger partial charge in [-0.2, -0.15) is 0 Å². The lowest BCUT2D eigenvalue weighted by Gasteiger charge is -2.55. The Morgan fingerprint density at radius 2 is 2.11 bits per heavy atom. The van der Waals surface area contributed by atoms with Crippen LogP contribution in [-0.4, -0.2) is 69.5 Å². The van der Waals surface area contributed by atoms with Gasteiger partial charge in [0, 0.05) is 60.4 Å². The molecule has 4 rings (SSSR count). The number of morpholine rings is 1. The maximum absolute atomic E-state index is 5.93. The SMILES string of the molecule is CN=C(NCC(c1ccc(C)s1)N1CCOCC1)NC1C2CCOC2C1(C)C. The van der Waals surface area contributed by atoms with Crippen molar-refractivity contribution in [2.45, 2.75) is 45.4 Å². The number of hydrogen-bond acceptors (Lipinski definition) is 5. The molecular formula is C21H34N4O2S. The molecule has 1 aromatic rings. The second-order valence-electron chi connectivity index (χ2n) is 8.75. The van der Waals surface area contributed by atoms with E-state index in [0.29, 0.717) is 24.1 Å². The number of aliphatic imine (C=N–C) groups is 1. The van der Waals surface area contributed by atoms with Crippen molar-refractivity contribution < 1.29 is 9.47 Å². The number of nitrogens with one attached hydrogen (secondary N) is 2. The molecular weight excluding hydrogens is 372 g/mol. The first-order valence-electron chi connectivity index (χ1n) is 10.5. The van der Waals surface area contributed by atoms with Crippen LogP contribution in [0.1, 0.15) is 36.1 Å². The molecule has 4 atom stereocenters. The Morgan fingerprint density at radius 3 is 2.79 bits per heavy atom. The maximum Gasteiger partial charge on any atom is 0.191 e. The number of nitrogens with zero attached hydrogens (tertiary/aromatic N) is 2. The van der Waals surface area contributed by atoms with Crippen LogP contribution in [0.3, 0.4) is 0 Å². The summed E-state index contributed by atoms with van der Waals surface area (Å²) in [5.74, 6) is 1.50. The summed E-state index contributed by atoms with van der Waals surface area (Å²) in [4.78, 5) is 9.82. The Balaban J connectivity index is 1.40. The van der Waals surface area contributed by atoms with Gasteiger partial charge in [-0.15, -0.1) is 11.3 Å². The van der Waals surface area contributed by atoms with Crippen LogP contribution in [-0.2, 0) is 9.47 Å². The first-order valence-corrected chi connectivity index (χ1v) is 11.3. The molecule has 4 unspecified atom stereocenters. The van der Waals surface area contributed by atoms with Gasteiger partial charge in [0.05, 0.1) is 25.4 Å². The molecule has 28 heavy (non-hydrogen) atoms. The van der Waals surface area contributed by atoms with Gasteiger partial charge in [-0.3, -0.25) is 9.89 Å². The maximum atomic E-state index is 5.93. The Morgan fingerprint density at radius 1 is 1.32 bits per heavy atom. The van der Waals surface area contributed by atoms with E-state index in [1.54, 1.807) is 0 Å². The van der Waals surface area contributed by atoms with Crippen molar-refractivity contribution >= 4 is 17.3 Å². The molecule has 1 aromatic heterocycles. The summed E-state index contributed by atoms with van der Waals surface area (Å²) in [5, 5.41) is 7.31. The third-order valence-electron chi connectivity index (χ3n) is 6.66. The zero-order valence-corrected chi connectivity index (χ0v) is 18.3. The molecule has 2 N–H and O–H groups in total. The number of aryl methyl sites for hydroxylation is 1. The van der Waals surface area contributed by atoms with Gasteiger partial charge in [-0.25, -0.2) is 0 Å². The van der Waals surface area contributed by atoms with Gasteiger partial charge < -0.3 is 20.1 Å². The molecule has 1 aliphatic carbocycles. The molecule has 3 aliphatic rings. The number of ether oxygens (including phenoxy) is 2. The lowest BCUT2D eigenvalue weighted by Crippen LogP contribution is -2.68. The van der Waals surface area contributed by atoms with Crippen LogP contribution in [0.15, 0.2) is 17.1 Å². The zero-order valence-electron chi connectivity index (χ0n) is 17.5. The van der Waals surface area contributed by atoms with Crippen molar-refractivity contribution in [3.8, 4) is 0 Å². The first-order chi connectivity index (χ1) is 13.5. The smallest absolute Gasteiger partial charge is 0.191 e. The van der Waals surface area contributed by atoms with E-state index in [0.717, 1.165) is 51.8 Å². The molecule has 0 bridgehead atoms. The van der Waals surface area contributed by atoms with Crippen molar-refractivity contribution in [3.63, 3.8) is 0 Å². The number of fused-ring (bicyclic) bond motifs is 1. The van der Waals surface area contributed by atoms with E-state index in [4.69, 9.17) is 9.47 Å². The number of hydrogen-bond donors (Lipinski definition) is 2. The lowest BCUT2D eigenvalue weighted by molar-refractivity contribution is -0.106. The molecule has 2 aliphatic heterocycles. The summed E-state index contributed by atoms with van der Waals surface area (Å²) in [6.45, 7) is 12.1. The second-order valence-corrected chi connectivity index (χ2v) is 10.1. The molecule has 0 radical (unpaired) electrons. The molecule has 7 heteroatoms. The Labute approximate surface area is 172 Å². The molecule has 156 valence electrons. The summed E-state index contributed by atoms with van der Waals surface area (Å²) in [6, 6.07) is 5.25. The van der Waals surface area contributed by atoms with Gasteiger partial charge in [0.2, 0.25) is 0 Å². The number of rotatable bonds is 5. The fourth-order valence-corrected chi connectivity index (χ4v) is 6.10. The molecule has 2 saturated heterocycles.